The summed E-state index contributed by atoms with van der Waals surface area (Å²) < 4.78 is 15.5. The van der Waals surface area contributed by atoms with E-state index in [-0.39, 0.29) is 0 Å². The molecule has 6 heteroatoms. The Morgan fingerprint density at radius 1 is 0.275 bits per heavy atom. The van der Waals surface area contributed by atoms with Crippen molar-refractivity contribution in [2.24, 2.45) is 0 Å². The first-order valence-electron chi connectivity index (χ1n) is 23.2. The van der Waals surface area contributed by atoms with Crippen LogP contribution in [0.5, 0.6) is 0 Å². The average molecular weight is 883 g/mol. The molecular formula is C63H38N4O2. The molecule has 0 aliphatic carbocycles. The molecule has 0 unspecified atom stereocenters. The Labute approximate surface area is 396 Å². The monoisotopic (exact) mass is 882 g/mol. The van der Waals surface area contributed by atoms with Crippen LogP contribution in [-0.2, 0) is 0 Å². The number of aromatic nitrogens is 4. The normalized spacial score (nSPS) is 11.8. The van der Waals surface area contributed by atoms with Gasteiger partial charge in [0.25, 0.3) is 0 Å². The molecule has 4 aromatic heterocycles. The van der Waals surface area contributed by atoms with Crippen LogP contribution in [0.4, 0.5) is 0 Å². The Bertz CT molecular complexity index is 4290. The van der Waals surface area contributed by atoms with Crippen LogP contribution in [-0.4, -0.2) is 19.5 Å². The van der Waals surface area contributed by atoms with E-state index in [1.165, 1.54) is 27.4 Å². The summed E-state index contributed by atoms with van der Waals surface area (Å²) in [5.41, 5.74) is 16.1. The zero-order valence-corrected chi connectivity index (χ0v) is 37.0. The average Bonchev–Trinajstić information content (AvgIpc) is 4.10. The first kappa shape index (κ1) is 38.8. The van der Waals surface area contributed by atoms with Crippen LogP contribution in [0, 0.1) is 0 Å². The first-order chi connectivity index (χ1) is 34.2. The van der Waals surface area contributed by atoms with E-state index in [1.54, 1.807) is 0 Å². The van der Waals surface area contributed by atoms with Crippen molar-refractivity contribution >= 4 is 65.7 Å². The van der Waals surface area contributed by atoms with Crippen molar-refractivity contribution in [1.82, 2.24) is 19.5 Å². The summed E-state index contributed by atoms with van der Waals surface area (Å²) in [4.78, 5) is 15.3. The fourth-order valence-corrected chi connectivity index (χ4v) is 10.1. The molecule has 10 aromatic carbocycles. The second kappa shape index (κ2) is 15.6. The largest absolute Gasteiger partial charge is 0.456 e. The number of hydrogen-bond acceptors (Lipinski definition) is 5. The van der Waals surface area contributed by atoms with Gasteiger partial charge in [-0.1, -0.05) is 164 Å². The van der Waals surface area contributed by atoms with E-state index in [9.17, 15) is 0 Å². The number of fused-ring (bicyclic) bond motifs is 9. The molecule has 6 nitrogen and oxygen atoms in total. The van der Waals surface area contributed by atoms with Crippen molar-refractivity contribution in [3.8, 4) is 73.2 Å². The lowest BCUT2D eigenvalue weighted by Gasteiger charge is -2.10. The van der Waals surface area contributed by atoms with Gasteiger partial charge in [0.15, 0.2) is 17.5 Å². The molecule has 4 heterocycles. The van der Waals surface area contributed by atoms with E-state index in [0.29, 0.717) is 17.5 Å². The van der Waals surface area contributed by atoms with Crippen molar-refractivity contribution < 1.29 is 8.83 Å². The van der Waals surface area contributed by atoms with Gasteiger partial charge >= 0.3 is 0 Å². The summed E-state index contributed by atoms with van der Waals surface area (Å²) in [5, 5.41) is 6.51. The number of rotatable bonds is 7. The number of nitrogens with zero attached hydrogens (tertiary/aromatic N) is 4. The van der Waals surface area contributed by atoms with Crippen LogP contribution in [0.3, 0.4) is 0 Å². The van der Waals surface area contributed by atoms with Gasteiger partial charge in [-0.15, -0.1) is 0 Å². The zero-order valence-electron chi connectivity index (χ0n) is 37.0. The molecule has 0 saturated heterocycles. The van der Waals surface area contributed by atoms with Crippen molar-refractivity contribution in [1.29, 1.82) is 0 Å². The van der Waals surface area contributed by atoms with E-state index in [2.05, 4.69) is 187 Å². The molecular weight excluding hydrogens is 845 g/mol. The topological polar surface area (TPSA) is 69.9 Å². The van der Waals surface area contributed by atoms with E-state index >= 15 is 0 Å². The number of hydrogen-bond donors (Lipinski definition) is 0. The summed E-state index contributed by atoms with van der Waals surface area (Å²) in [7, 11) is 0. The third kappa shape index (κ3) is 6.53. The third-order valence-electron chi connectivity index (χ3n) is 13.5. The van der Waals surface area contributed by atoms with E-state index < -0.39 is 0 Å². The third-order valence-corrected chi connectivity index (χ3v) is 13.5. The predicted molar refractivity (Wildman–Crippen MR) is 281 cm³/mol. The van der Waals surface area contributed by atoms with Gasteiger partial charge in [0, 0.05) is 54.7 Å². The van der Waals surface area contributed by atoms with Gasteiger partial charge in [-0.25, -0.2) is 15.0 Å². The number of benzene rings is 10. The van der Waals surface area contributed by atoms with Crippen molar-refractivity contribution in [2.75, 3.05) is 0 Å². The highest BCUT2D eigenvalue weighted by atomic mass is 16.3. The predicted octanol–water partition coefficient (Wildman–Crippen LogP) is 16.8. The molecule has 0 spiro atoms. The highest BCUT2D eigenvalue weighted by Crippen LogP contribution is 2.41. The first-order valence-corrected chi connectivity index (χ1v) is 23.2. The lowest BCUT2D eigenvalue weighted by molar-refractivity contribution is 0.669. The van der Waals surface area contributed by atoms with Crippen LogP contribution in [0.25, 0.3) is 139 Å². The SMILES string of the molecule is c1ccc(-c2ccc(-c3nc(-c4ccccc4)nc(-c4cccc5oc6ccc(-c7ccc8c(c7)oc7ccc(-n9c%10ccccc%10c%10cc(-c%11ccccc%11)ccc%109)cc78)cc6c45)n3)cc2)cc1. The minimum absolute atomic E-state index is 0.575. The van der Waals surface area contributed by atoms with Gasteiger partial charge in [-0.3, -0.25) is 0 Å². The summed E-state index contributed by atoms with van der Waals surface area (Å²) in [5.74, 6) is 1.78. The highest BCUT2D eigenvalue weighted by Gasteiger charge is 2.20. The van der Waals surface area contributed by atoms with Crippen molar-refractivity contribution in [3.05, 3.63) is 231 Å². The smallest absolute Gasteiger partial charge is 0.164 e. The minimum atomic E-state index is 0.575. The Kier molecular flexibility index (Phi) is 8.79. The molecule has 0 fully saturated rings. The maximum Gasteiger partial charge on any atom is 0.164 e. The van der Waals surface area contributed by atoms with E-state index in [0.717, 1.165) is 94.0 Å². The highest BCUT2D eigenvalue weighted by molar-refractivity contribution is 6.14. The quantitative estimate of drug-likeness (QED) is 0.159. The second-order valence-corrected chi connectivity index (χ2v) is 17.6. The Hall–Kier alpha value is -9.39. The Morgan fingerprint density at radius 3 is 1.58 bits per heavy atom. The van der Waals surface area contributed by atoms with Gasteiger partial charge in [0.2, 0.25) is 0 Å². The molecule has 0 bridgehead atoms. The lowest BCUT2D eigenvalue weighted by atomic mass is 9.99. The number of para-hydroxylation sites is 1. The van der Waals surface area contributed by atoms with Crippen LogP contribution in [0.2, 0.25) is 0 Å². The van der Waals surface area contributed by atoms with Gasteiger partial charge in [0.1, 0.15) is 22.3 Å². The lowest BCUT2D eigenvalue weighted by Crippen LogP contribution is -2.00. The Morgan fingerprint density at radius 2 is 0.797 bits per heavy atom. The van der Waals surface area contributed by atoms with Crippen LogP contribution < -0.4 is 0 Å². The molecule has 0 radical (unpaired) electrons. The fourth-order valence-electron chi connectivity index (χ4n) is 10.1. The van der Waals surface area contributed by atoms with Crippen molar-refractivity contribution in [3.63, 3.8) is 0 Å². The van der Waals surface area contributed by atoms with E-state index in [4.69, 9.17) is 23.8 Å². The molecule has 0 aliphatic rings. The molecule has 0 N–H and O–H groups in total. The molecule has 322 valence electrons. The summed E-state index contributed by atoms with van der Waals surface area (Å²) in [6.45, 7) is 0. The van der Waals surface area contributed by atoms with Gasteiger partial charge < -0.3 is 13.4 Å². The fraction of sp³-hybridized carbons (Fsp3) is 0. The molecule has 0 amide bonds. The van der Waals surface area contributed by atoms with Gasteiger partial charge in [0.05, 0.1) is 11.0 Å². The maximum absolute atomic E-state index is 6.62. The molecule has 14 aromatic rings. The van der Waals surface area contributed by atoms with Crippen LogP contribution in [0.15, 0.2) is 239 Å². The van der Waals surface area contributed by atoms with Gasteiger partial charge in [-0.05, 0) is 100 Å². The summed E-state index contributed by atoms with van der Waals surface area (Å²) in [6, 6.07) is 80.4. The second-order valence-electron chi connectivity index (χ2n) is 17.6. The minimum Gasteiger partial charge on any atom is -0.456 e. The zero-order chi connectivity index (χ0) is 45.4. The molecule has 0 atom stereocenters. The van der Waals surface area contributed by atoms with Crippen LogP contribution in [0.1, 0.15) is 0 Å². The summed E-state index contributed by atoms with van der Waals surface area (Å²) in [6.07, 6.45) is 0. The van der Waals surface area contributed by atoms with Crippen molar-refractivity contribution in [2.45, 2.75) is 0 Å². The maximum atomic E-state index is 6.62. The summed E-state index contributed by atoms with van der Waals surface area (Å²) >= 11 is 0. The van der Waals surface area contributed by atoms with E-state index in [1.807, 2.05) is 48.5 Å². The van der Waals surface area contributed by atoms with Gasteiger partial charge in [-0.2, -0.15) is 0 Å². The standard InChI is InChI=1S/C63H38N4O2/c1-4-13-39(14-5-1)41-23-25-43(26-24-41)62-64-61(42-17-8-3-9-18-42)65-63(66-62)50-20-12-22-58-60(50)53-36-45(29-33-57(53)68-58)46-27-31-49-52-38-47(30-34-56(52)69-59(49)37-46)67-54-21-11-10-19-48(54)51-35-44(28-32-55(51)67)40-15-6-2-7-16-40/h1-38H. The number of furan rings is 2. The Balaban J connectivity index is 0.858. The molecule has 69 heavy (non-hydrogen) atoms. The van der Waals surface area contributed by atoms with Crippen LogP contribution >= 0.6 is 0 Å². The molecule has 0 saturated carbocycles. The molecule has 14 rings (SSSR count). The molecule has 0 aliphatic heterocycles.